The van der Waals surface area contributed by atoms with Crippen LogP contribution in [0.4, 0.5) is 11.4 Å². The van der Waals surface area contributed by atoms with E-state index in [9.17, 15) is 4.79 Å². The Bertz CT molecular complexity index is 729. The number of amides is 1. The van der Waals surface area contributed by atoms with Crippen molar-refractivity contribution in [3.05, 3.63) is 61.2 Å². The molecule has 28 heavy (non-hydrogen) atoms. The summed E-state index contributed by atoms with van der Waals surface area (Å²) in [5.74, 6) is 1.44. The zero-order valence-electron chi connectivity index (χ0n) is 16.6. The summed E-state index contributed by atoms with van der Waals surface area (Å²) in [5.41, 5.74) is 1.57. The average molecular weight is 383 g/mol. The number of hydrogen-bond donors (Lipinski definition) is 2. The Hall–Kier alpha value is -2.95. The fourth-order valence-corrected chi connectivity index (χ4v) is 2.59. The molecule has 1 amide bonds. The molecule has 0 bridgehead atoms. The zero-order valence-corrected chi connectivity index (χ0v) is 16.6. The Labute approximate surface area is 167 Å². The van der Waals surface area contributed by atoms with Crippen molar-refractivity contribution in [2.75, 3.05) is 30.4 Å². The quantitative estimate of drug-likeness (QED) is 0.366. The third-order valence-corrected chi connectivity index (χ3v) is 4.06. The van der Waals surface area contributed by atoms with Crippen molar-refractivity contribution in [2.24, 2.45) is 0 Å². The van der Waals surface area contributed by atoms with Crippen LogP contribution in [0, 0.1) is 0 Å². The molecule has 2 aromatic carbocycles. The summed E-state index contributed by atoms with van der Waals surface area (Å²) >= 11 is 0. The van der Waals surface area contributed by atoms with Crippen LogP contribution in [0.5, 0.6) is 11.5 Å². The summed E-state index contributed by atoms with van der Waals surface area (Å²) in [4.78, 5) is 12.2. The van der Waals surface area contributed by atoms with Crippen LogP contribution in [0.1, 0.15) is 32.6 Å². The lowest BCUT2D eigenvalue weighted by molar-refractivity contribution is -0.114. The summed E-state index contributed by atoms with van der Waals surface area (Å²) in [6, 6.07) is 14.9. The molecule has 0 saturated heterocycles. The van der Waals surface area contributed by atoms with E-state index in [-0.39, 0.29) is 12.5 Å². The number of anilines is 2. The molecule has 2 rings (SSSR count). The van der Waals surface area contributed by atoms with Gasteiger partial charge in [0.1, 0.15) is 18.1 Å². The highest BCUT2D eigenvalue weighted by Crippen LogP contribution is 2.18. The van der Waals surface area contributed by atoms with Gasteiger partial charge < -0.3 is 20.1 Å². The number of hydrogen-bond acceptors (Lipinski definition) is 4. The lowest BCUT2D eigenvalue weighted by Gasteiger charge is -2.10. The van der Waals surface area contributed by atoms with Crippen LogP contribution in [-0.2, 0) is 4.79 Å². The molecule has 0 atom stereocenters. The Kier molecular flexibility index (Phi) is 9.49. The molecular weight excluding hydrogens is 352 g/mol. The minimum absolute atomic E-state index is 0.120. The lowest BCUT2D eigenvalue weighted by atomic mass is 10.2. The topological polar surface area (TPSA) is 59.6 Å². The van der Waals surface area contributed by atoms with Crippen LogP contribution in [0.2, 0.25) is 0 Å². The molecule has 150 valence electrons. The first kappa shape index (κ1) is 21.4. The van der Waals surface area contributed by atoms with E-state index in [1.165, 1.54) is 19.3 Å². The van der Waals surface area contributed by atoms with Crippen LogP contribution >= 0.6 is 0 Å². The third kappa shape index (κ3) is 8.16. The molecule has 0 saturated carbocycles. The van der Waals surface area contributed by atoms with E-state index in [1.54, 1.807) is 6.08 Å². The first-order valence-electron chi connectivity index (χ1n) is 9.81. The van der Waals surface area contributed by atoms with Crippen LogP contribution in [0.25, 0.3) is 0 Å². The predicted octanol–water partition coefficient (Wildman–Crippen LogP) is 5.26. The van der Waals surface area contributed by atoms with Gasteiger partial charge in [-0.25, -0.2) is 0 Å². The highest BCUT2D eigenvalue weighted by Gasteiger charge is 2.04. The molecule has 0 heterocycles. The van der Waals surface area contributed by atoms with Crippen LogP contribution < -0.4 is 20.1 Å². The summed E-state index contributed by atoms with van der Waals surface area (Å²) in [6.45, 7) is 7.16. The average Bonchev–Trinajstić information content (AvgIpc) is 2.72. The maximum absolute atomic E-state index is 12.2. The largest absolute Gasteiger partial charge is 0.494 e. The van der Waals surface area contributed by atoms with Gasteiger partial charge >= 0.3 is 0 Å². The van der Waals surface area contributed by atoms with E-state index in [4.69, 9.17) is 9.47 Å². The molecule has 0 unspecified atom stereocenters. The highest BCUT2D eigenvalue weighted by atomic mass is 16.5. The smallest absolute Gasteiger partial charge is 0.243 e. The van der Waals surface area contributed by atoms with Crippen LogP contribution in [-0.4, -0.2) is 25.7 Å². The maximum Gasteiger partial charge on any atom is 0.243 e. The minimum Gasteiger partial charge on any atom is -0.494 e. The summed E-state index contributed by atoms with van der Waals surface area (Å²) in [6.07, 6.45) is 6.42. The van der Waals surface area contributed by atoms with Crippen LogP contribution in [0.15, 0.2) is 61.2 Å². The van der Waals surface area contributed by atoms with Gasteiger partial charge in [0, 0.05) is 17.4 Å². The molecule has 0 radical (unpaired) electrons. The Morgan fingerprint density at radius 2 is 1.82 bits per heavy atom. The van der Waals surface area contributed by atoms with E-state index < -0.39 is 0 Å². The number of nitrogens with one attached hydrogen (secondary N) is 2. The monoisotopic (exact) mass is 382 g/mol. The SMILES string of the molecule is C=CCOc1cccc(NCC(=O)Nc2ccc(OCCCCCC)cc2)c1. The van der Waals surface area contributed by atoms with Gasteiger partial charge in [0.15, 0.2) is 0 Å². The van der Waals surface area contributed by atoms with Crippen molar-refractivity contribution >= 4 is 17.3 Å². The number of benzene rings is 2. The Balaban J connectivity index is 1.73. The van der Waals surface area contributed by atoms with Crippen molar-refractivity contribution in [3.63, 3.8) is 0 Å². The summed E-state index contributed by atoms with van der Waals surface area (Å²) in [7, 11) is 0. The van der Waals surface area contributed by atoms with Gasteiger partial charge in [-0.1, -0.05) is 44.9 Å². The second kappa shape index (κ2) is 12.4. The number of carbonyl (C=O) groups is 1. The lowest BCUT2D eigenvalue weighted by Crippen LogP contribution is -2.21. The summed E-state index contributed by atoms with van der Waals surface area (Å²) in [5, 5.41) is 5.97. The molecule has 0 aromatic heterocycles. The standard InChI is InChI=1S/C23H30N2O3/c1-3-5-6-7-16-28-21-13-11-19(12-14-21)25-23(26)18-24-20-9-8-10-22(17-20)27-15-4-2/h4,8-14,17,24H,2-3,5-7,15-16,18H2,1H3,(H,25,26). The van der Waals surface area contributed by atoms with E-state index in [0.717, 1.165) is 35.9 Å². The zero-order chi connectivity index (χ0) is 20.0. The van der Waals surface area contributed by atoms with Crippen molar-refractivity contribution in [1.29, 1.82) is 0 Å². The molecule has 0 aliphatic heterocycles. The third-order valence-electron chi connectivity index (χ3n) is 4.06. The van der Waals surface area contributed by atoms with Crippen molar-refractivity contribution in [2.45, 2.75) is 32.6 Å². The highest BCUT2D eigenvalue weighted by molar-refractivity contribution is 5.93. The number of rotatable bonds is 13. The fraction of sp³-hybridized carbons (Fsp3) is 0.348. The van der Waals surface area contributed by atoms with E-state index >= 15 is 0 Å². The molecule has 0 aliphatic rings. The number of ether oxygens (including phenoxy) is 2. The predicted molar refractivity (Wildman–Crippen MR) is 115 cm³/mol. The molecule has 5 heteroatoms. The van der Waals surface area contributed by atoms with Gasteiger partial charge in [0.05, 0.1) is 13.2 Å². The molecular formula is C23H30N2O3. The normalized spacial score (nSPS) is 10.2. The first-order valence-corrected chi connectivity index (χ1v) is 9.81. The minimum atomic E-state index is -0.120. The molecule has 0 spiro atoms. The van der Waals surface area contributed by atoms with Gasteiger partial charge in [0.25, 0.3) is 0 Å². The van der Waals surface area contributed by atoms with Gasteiger partial charge in [0.2, 0.25) is 5.91 Å². The summed E-state index contributed by atoms with van der Waals surface area (Å²) < 4.78 is 11.2. The fourth-order valence-electron chi connectivity index (χ4n) is 2.59. The number of carbonyl (C=O) groups excluding carboxylic acids is 1. The Morgan fingerprint density at radius 3 is 2.57 bits per heavy atom. The second-order valence-electron chi connectivity index (χ2n) is 6.46. The van der Waals surface area contributed by atoms with Crippen molar-refractivity contribution in [3.8, 4) is 11.5 Å². The van der Waals surface area contributed by atoms with Crippen LogP contribution in [0.3, 0.4) is 0 Å². The molecule has 5 nitrogen and oxygen atoms in total. The van der Waals surface area contributed by atoms with E-state index in [0.29, 0.717) is 6.61 Å². The second-order valence-corrected chi connectivity index (χ2v) is 6.46. The van der Waals surface area contributed by atoms with Gasteiger partial charge in [-0.05, 0) is 42.8 Å². The van der Waals surface area contributed by atoms with Crippen molar-refractivity contribution in [1.82, 2.24) is 0 Å². The van der Waals surface area contributed by atoms with Gasteiger partial charge in [-0.3, -0.25) is 4.79 Å². The molecule has 0 fully saturated rings. The van der Waals surface area contributed by atoms with Crippen molar-refractivity contribution < 1.29 is 14.3 Å². The van der Waals surface area contributed by atoms with E-state index in [2.05, 4.69) is 24.1 Å². The molecule has 0 aliphatic carbocycles. The number of unbranched alkanes of at least 4 members (excludes halogenated alkanes) is 3. The Morgan fingerprint density at radius 1 is 1.00 bits per heavy atom. The van der Waals surface area contributed by atoms with E-state index in [1.807, 2.05) is 48.5 Å². The molecule has 2 aromatic rings. The van der Waals surface area contributed by atoms with Gasteiger partial charge in [-0.15, -0.1) is 0 Å². The molecule has 2 N–H and O–H groups in total. The van der Waals surface area contributed by atoms with Gasteiger partial charge in [-0.2, -0.15) is 0 Å². The maximum atomic E-state index is 12.2. The first-order chi connectivity index (χ1) is 13.7.